The minimum Gasteiger partial charge on any atom is -0.465 e. The number of benzene rings is 1. The number of carbonyl (C=O) groups excluding carboxylic acids is 2. The number of ether oxygens (including phenoxy) is 1. The maximum absolute atomic E-state index is 11.4. The molecule has 0 N–H and O–H groups in total. The molecule has 16 heavy (non-hydrogen) atoms. The van der Waals surface area contributed by atoms with Gasteiger partial charge in [0.25, 0.3) is 0 Å². The highest BCUT2D eigenvalue weighted by Gasteiger charge is 2.08. The highest BCUT2D eigenvalue weighted by molar-refractivity contribution is 5.91. The van der Waals surface area contributed by atoms with Crippen LogP contribution in [0.4, 0.5) is 0 Å². The van der Waals surface area contributed by atoms with Gasteiger partial charge in [-0.25, -0.2) is 4.79 Å². The Morgan fingerprint density at radius 2 is 2.19 bits per heavy atom. The summed E-state index contributed by atoms with van der Waals surface area (Å²) in [6.45, 7) is 1.85. The Morgan fingerprint density at radius 3 is 2.81 bits per heavy atom. The van der Waals surface area contributed by atoms with E-state index in [1.165, 1.54) is 7.11 Å². The smallest absolute Gasteiger partial charge is 0.338 e. The van der Waals surface area contributed by atoms with Crippen LogP contribution in [0, 0.1) is 6.92 Å². The van der Waals surface area contributed by atoms with Crippen LogP contribution < -0.4 is 0 Å². The molecule has 0 aromatic heterocycles. The Balaban J connectivity index is 2.97. The Bertz CT molecular complexity index is 419. The van der Waals surface area contributed by atoms with Gasteiger partial charge in [0.05, 0.1) is 12.7 Å². The number of hydrogen-bond donors (Lipinski definition) is 0. The molecule has 0 radical (unpaired) electrons. The van der Waals surface area contributed by atoms with Gasteiger partial charge in [-0.05, 0) is 24.1 Å². The number of rotatable bonds is 4. The zero-order valence-electron chi connectivity index (χ0n) is 9.40. The lowest BCUT2D eigenvalue weighted by atomic mass is 10.0. The third kappa shape index (κ3) is 3.05. The minimum atomic E-state index is -0.344. The van der Waals surface area contributed by atoms with E-state index < -0.39 is 0 Å². The molecule has 0 aliphatic carbocycles. The van der Waals surface area contributed by atoms with Crippen LogP contribution in [0.2, 0.25) is 0 Å². The first-order chi connectivity index (χ1) is 7.69. The second-order valence-corrected chi connectivity index (χ2v) is 3.37. The van der Waals surface area contributed by atoms with Crippen LogP contribution in [0.3, 0.4) is 0 Å². The number of allylic oxidation sites excluding steroid dienone is 1. The molecule has 0 spiro atoms. The van der Waals surface area contributed by atoms with Crippen molar-refractivity contribution < 1.29 is 14.3 Å². The summed E-state index contributed by atoms with van der Waals surface area (Å²) in [5, 5.41) is 0. The molecule has 1 aromatic carbocycles. The molecule has 1 rings (SSSR count). The first kappa shape index (κ1) is 12.2. The van der Waals surface area contributed by atoms with Crippen molar-refractivity contribution in [2.75, 3.05) is 7.11 Å². The normalized spacial score (nSPS) is 10.4. The molecule has 0 fully saturated rings. The molecule has 0 saturated carbocycles. The van der Waals surface area contributed by atoms with E-state index in [2.05, 4.69) is 4.74 Å². The Morgan fingerprint density at radius 1 is 1.44 bits per heavy atom. The third-order valence-electron chi connectivity index (χ3n) is 2.21. The summed E-state index contributed by atoms with van der Waals surface area (Å²) >= 11 is 0. The van der Waals surface area contributed by atoms with Crippen LogP contribution in [0.15, 0.2) is 24.3 Å². The SMILES string of the molecule is COC(=O)c1cc(C=CCC=O)ccc1C. The van der Waals surface area contributed by atoms with Crippen molar-refractivity contribution in [3.05, 3.63) is 41.0 Å². The first-order valence-electron chi connectivity index (χ1n) is 4.98. The van der Waals surface area contributed by atoms with E-state index in [0.29, 0.717) is 12.0 Å². The van der Waals surface area contributed by atoms with Crippen LogP contribution >= 0.6 is 0 Å². The fourth-order valence-corrected chi connectivity index (χ4v) is 1.33. The van der Waals surface area contributed by atoms with Crippen molar-refractivity contribution in [2.24, 2.45) is 0 Å². The van der Waals surface area contributed by atoms with Crippen molar-refractivity contribution in [2.45, 2.75) is 13.3 Å². The van der Waals surface area contributed by atoms with Gasteiger partial charge in [-0.15, -0.1) is 0 Å². The molecule has 0 amide bonds. The van der Waals surface area contributed by atoms with Crippen molar-refractivity contribution in [1.29, 1.82) is 0 Å². The van der Waals surface area contributed by atoms with Crippen molar-refractivity contribution in [1.82, 2.24) is 0 Å². The molecule has 0 aliphatic heterocycles. The number of hydrogen-bond acceptors (Lipinski definition) is 3. The average molecular weight is 218 g/mol. The lowest BCUT2D eigenvalue weighted by molar-refractivity contribution is -0.107. The zero-order valence-corrected chi connectivity index (χ0v) is 9.40. The Kier molecular flexibility index (Phi) is 4.45. The standard InChI is InChI=1S/C13H14O3/c1-10-6-7-11(5-3-4-8-14)9-12(10)13(15)16-2/h3,5-9H,4H2,1-2H3. The van der Waals surface area contributed by atoms with Crippen LogP contribution in [0.25, 0.3) is 6.08 Å². The fourth-order valence-electron chi connectivity index (χ4n) is 1.33. The maximum Gasteiger partial charge on any atom is 0.338 e. The van der Waals surface area contributed by atoms with Crippen molar-refractivity contribution >= 4 is 18.3 Å². The number of methoxy groups -OCH3 is 1. The lowest BCUT2D eigenvalue weighted by Crippen LogP contribution is -2.03. The van der Waals surface area contributed by atoms with E-state index in [4.69, 9.17) is 0 Å². The molecule has 0 heterocycles. The molecular weight excluding hydrogens is 204 g/mol. The first-order valence-corrected chi connectivity index (χ1v) is 4.98. The predicted octanol–water partition coefficient (Wildman–Crippen LogP) is 2.38. The van der Waals surface area contributed by atoms with E-state index in [0.717, 1.165) is 17.4 Å². The van der Waals surface area contributed by atoms with E-state index in [1.807, 2.05) is 19.1 Å². The maximum atomic E-state index is 11.4. The topological polar surface area (TPSA) is 43.4 Å². The van der Waals surface area contributed by atoms with Crippen LogP contribution in [-0.2, 0) is 9.53 Å². The van der Waals surface area contributed by atoms with Crippen LogP contribution in [-0.4, -0.2) is 19.4 Å². The molecule has 0 atom stereocenters. The minimum absolute atomic E-state index is 0.344. The Hall–Kier alpha value is -1.90. The summed E-state index contributed by atoms with van der Waals surface area (Å²) in [6, 6.07) is 5.50. The average Bonchev–Trinajstić information content (AvgIpc) is 2.30. The molecule has 0 saturated heterocycles. The van der Waals surface area contributed by atoms with Gasteiger partial charge in [-0.3, -0.25) is 0 Å². The summed E-state index contributed by atoms with van der Waals surface area (Å²) in [6.07, 6.45) is 4.76. The molecule has 84 valence electrons. The van der Waals surface area contributed by atoms with Crippen LogP contribution in [0.1, 0.15) is 27.9 Å². The number of carbonyl (C=O) groups is 2. The molecule has 3 nitrogen and oxygen atoms in total. The Labute approximate surface area is 94.7 Å². The van der Waals surface area contributed by atoms with E-state index in [-0.39, 0.29) is 5.97 Å². The number of aryl methyl sites for hydroxylation is 1. The monoisotopic (exact) mass is 218 g/mol. The van der Waals surface area contributed by atoms with Gasteiger partial charge in [0.1, 0.15) is 6.29 Å². The van der Waals surface area contributed by atoms with Gasteiger partial charge in [-0.2, -0.15) is 0 Å². The van der Waals surface area contributed by atoms with E-state index in [9.17, 15) is 9.59 Å². The van der Waals surface area contributed by atoms with Gasteiger partial charge in [-0.1, -0.05) is 24.3 Å². The van der Waals surface area contributed by atoms with Crippen molar-refractivity contribution in [3.8, 4) is 0 Å². The van der Waals surface area contributed by atoms with E-state index in [1.54, 1.807) is 18.2 Å². The highest BCUT2D eigenvalue weighted by atomic mass is 16.5. The van der Waals surface area contributed by atoms with Crippen molar-refractivity contribution in [3.63, 3.8) is 0 Å². The van der Waals surface area contributed by atoms with Gasteiger partial charge in [0, 0.05) is 6.42 Å². The molecular formula is C13H14O3. The fraction of sp³-hybridized carbons (Fsp3) is 0.231. The summed E-state index contributed by atoms with van der Waals surface area (Å²) < 4.78 is 4.68. The number of aldehydes is 1. The molecule has 0 aliphatic rings. The van der Waals surface area contributed by atoms with Gasteiger partial charge >= 0.3 is 5.97 Å². The second-order valence-electron chi connectivity index (χ2n) is 3.37. The van der Waals surface area contributed by atoms with Gasteiger partial charge in [0.2, 0.25) is 0 Å². The predicted molar refractivity (Wildman–Crippen MR) is 62.2 cm³/mol. The van der Waals surface area contributed by atoms with Crippen LogP contribution in [0.5, 0.6) is 0 Å². The van der Waals surface area contributed by atoms with Gasteiger partial charge in [0.15, 0.2) is 0 Å². The molecule has 3 heteroatoms. The summed E-state index contributed by atoms with van der Waals surface area (Å²) in [5.41, 5.74) is 2.31. The molecule has 0 unspecified atom stereocenters. The third-order valence-corrected chi connectivity index (χ3v) is 2.21. The summed E-state index contributed by atoms with van der Waals surface area (Å²) in [5.74, 6) is -0.344. The largest absolute Gasteiger partial charge is 0.465 e. The quantitative estimate of drug-likeness (QED) is 0.575. The van der Waals surface area contributed by atoms with E-state index >= 15 is 0 Å². The summed E-state index contributed by atoms with van der Waals surface area (Å²) in [4.78, 5) is 21.6. The zero-order chi connectivity index (χ0) is 12.0. The summed E-state index contributed by atoms with van der Waals surface area (Å²) in [7, 11) is 1.36. The molecule has 0 bridgehead atoms. The molecule has 1 aromatic rings. The second kappa shape index (κ2) is 5.85. The highest BCUT2D eigenvalue weighted by Crippen LogP contribution is 2.13. The van der Waals surface area contributed by atoms with Gasteiger partial charge < -0.3 is 9.53 Å². The number of esters is 1. The lowest BCUT2D eigenvalue weighted by Gasteiger charge is -2.04.